The molecular weight excluding hydrogens is 447 g/mol. The van der Waals surface area contributed by atoms with Gasteiger partial charge in [0.05, 0.1) is 17.1 Å². The van der Waals surface area contributed by atoms with Crippen LogP contribution in [0.2, 0.25) is 0 Å². The van der Waals surface area contributed by atoms with E-state index in [0.717, 1.165) is 34.6 Å². The highest BCUT2D eigenvalue weighted by Crippen LogP contribution is 2.42. The molecule has 2 amide bonds. The highest BCUT2D eigenvalue weighted by atomic mass is 32.2. The van der Waals surface area contributed by atoms with Crippen LogP contribution in [0.1, 0.15) is 47.2 Å². The number of fused-ring (bicyclic) bond motifs is 1. The first-order valence-corrected chi connectivity index (χ1v) is 12.3. The van der Waals surface area contributed by atoms with Gasteiger partial charge >= 0.3 is 0 Å². The first-order valence-electron chi connectivity index (χ1n) is 11.5. The normalized spacial score (nSPS) is 17.1. The zero-order valence-electron chi connectivity index (χ0n) is 18.7. The number of benzene rings is 3. The number of nitrogens with zero attached hydrogens (tertiary/aromatic N) is 1. The third-order valence-corrected chi connectivity index (χ3v) is 7.32. The maximum Gasteiger partial charge on any atom is 0.265 e. The molecule has 3 aromatic carbocycles. The third-order valence-electron chi connectivity index (χ3n) is 6.25. The van der Waals surface area contributed by atoms with E-state index in [0.29, 0.717) is 17.0 Å². The van der Waals surface area contributed by atoms with Crippen LogP contribution in [0.4, 0.5) is 10.1 Å². The van der Waals surface area contributed by atoms with Crippen molar-refractivity contribution in [1.29, 1.82) is 0 Å². The van der Waals surface area contributed by atoms with Gasteiger partial charge in [-0.05, 0) is 66.4 Å². The highest BCUT2D eigenvalue weighted by molar-refractivity contribution is 8.04. The number of rotatable bonds is 5. The van der Waals surface area contributed by atoms with E-state index < -0.39 is 0 Å². The Labute approximate surface area is 202 Å². The van der Waals surface area contributed by atoms with Crippen molar-refractivity contribution in [3.63, 3.8) is 0 Å². The SMILES string of the molecule is O=C(NC1CCCC1)c1ccc(C=C2Sc3ccccc3N(Cc3ccc(F)cc3)C2=O)cc1. The minimum absolute atomic E-state index is 0.0476. The van der Waals surface area contributed by atoms with E-state index in [4.69, 9.17) is 0 Å². The van der Waals surface area contributed by atoms with Crippen molar-refractivity contribution in [2.75, 3.05) is 4.90 Å². The van der Waals surface area contributed by atoms with Crippen molar-refractivity contribution in [1.82, 2.24) is 5.32 Å². The molecule has 1 fully saturated rings. The number of anilines is 1. The summed E-state index contributed by atoms with van der Waals surface area (Å²) < 4.78 is 13.3. The number of nitrogens with one attached hydrogen (secondary N) is 1. The number of para-hydroxylation sites is 1. The quantitative estimate of drug-likeness (QED) is 0.451. The van der Waals surface area contributed by atoms with Gasteiger partial charge in [-0.25, -0.2) is 4.39 Å². The fourth-order valence-electron chi connectivity index (χ4n) is 4.41. The number of amides is 2. The average molecular weight is 473 g/mol. The van der Waals surface area contributed by atoms with Crippen LogP contribution < -0.4 is 10.2 Å². The van der Waals surface area contributed by atoms with Gasteiger partial charge in [0.1, 0.15) is 5.82 Å². The number of halogens is 1. The molecule has 0 saturated heterocycles. The first-order chi connectivity index (χ1) is 16.6. The van der Waals surface area contributed by atoms with Crippen LogP contribution in [-0.2, 0) is 11.3 Å². The van der Waals surface area contributed by atoms with Crippen molar-refractivity contribution >= 4 is 35.3 Å². The summed E-state index contributed by atoms with van der Waals surface area (Å²) >= 11 is 1.44. The summed E-state index contributed by atoms with van der Waals surface area (Å²) in [7, 11) is 0. The Morgan fingerprint density at radius 1 is 1.00 bits per heavy atom. The lowest BCUT2D eigenvalue weighted by Crippen LogP contribution is -2.33. The monoisotopic (exact) mass is 472 g/mol. The summed E-state index contributed by atoms with van der Waals surface area (Å²) in [5, 5.41) is 3.10. The molecule has 1 aliphatic carbocycles. The van der Waals surface area contributed by atoms with Crippen LogP contribution in [0.5, 0.6) is 0 Å². The molecule has 1 N–H and O–H groups in total. The van der Waals surface area contributed by atoms with Crippen LogP contribution in [0.15, 0.2) is 82.6 Å². The van der Waals surface area contributed by atoms with Crippen molar-refractivity contribution < 1.29 is 14.0 Å². The Bertz CT molecular complexity index is 1230. The fraction of sp³-hybridized carbons (Fsp3) is 0.214. The van der Waals surface area contributed by atoms with Gasteiger partial charge in [0.15, 0.2) is 0 Å². The molecule has 0 bridgehead atoms. The summed E-state index contributed by atoms with van der Waals surface area (Å²) in [5.74, 6) is -0.449. The van der Waals surface area contributed by atoms with E-state index in [-0.39, 0.29) is 23.7 Å². The van der Waals surface area contributed by atoms with Gasteiger partial charge in [0, 0.05) is 16.5 Å². The molecule has 1 saturated carbocycles. The lowest BCUT2D eigenvalue weighted by Gasteiger charge is -2.30. The summed E-state index contributed by atoms with van der Waals surface area (Å²) in [6.45, 7) is 0.355. The maximum atomic E-state index is 13.4. The van der Waals surface area contributed by atoms with Crippen LogP contribution in [-0.4, -0.2) is 17.9 Å². The second-order valence-corrected chi connectivity index (χ2v) is 9.76. The number of carbonyl (C=O) groups excluding carboxylic acids is 2. The minimum atomic E-state index is -0.300. The molecule has 0 aromatic heterocycles. The zero-order chi connectivity index (χ0) is 23.5. The lowest BCUT2D eigenvalue weighted by molar-refractivity contribution is -0.114. The lowest BCUT2D eigenvalue weighted by atomic mass is 10.1. The summed E-state index contributed by atoms with van der Waals surface area (Å²) in [6.07, 6.45) is 6.30. The molecule has 1 aliphatic heterocycles. The Balaban J connectivity index is 1.37. The van der Waals surface area contributed by atoms with E-state index >= 15 is 0 Å². The Morgan fingerprint density at radius 3 is 2.44 bits per heavy atom. The van der Waals surface area contributed by atoms with Crippen LogP contribution >= 0.6 is 11.8 Å². The van der Waals surface area contributed by atoms with E-state index in [1.54, 1.807) is 29.2 Å². The number of carbonyl (C=O) groups is 2. The minimum Gasteiger partial charge on any atom is -0.349 e. The smallest absolute Gasteiger partial charge is 0.265 e. The Kier molecular flexibility index (Phi) is 6.50. The molecule has 5 rings (SSSR count). The molecular formula is C28H25FN2O2S. The number of thioether (sulfide) groups is 1. The fourth-order valence-corrected chi connectivity index (χ4v) is 5.47. The molecule has 0 unspecified atom stereocenters. The molecule has 4 nitrogen and oxygen atoms in total. The molecule has 3 aromatic rings. The molecule has 34 heavy (non-hydrogen) atoms. The van der Waals surface area contributed by atoms with E-state index in [9.17, 15) is 14.0 Å². The van der Waals surface area contributed by atoms with Gasteiger partial charge in [-0.3, -0.25) is 9.59 Å². The van der Waals surface area contributed by atoms with Crippen molar-refractivity contribution in [2.45, 2.75) is 43.2 Å². The highest BCUT2D eigenvalue weighted by Gasteiger charge is 2.29. The second-order valence-electron chi connectivity index (χ2n) is 8.67. The molecule has 2 aliphatic rings. The van der Waals surface area contributed by atoms with E-state index in [1.165, 1.54) is 36.7 Å². The van der Waals surface area contributed by atoms with Gasteiger partial charge in [-0.15, -0.1) is 0 Å². The zero-order valence-corrected chi connectivity index (χ0v) is 19.5. The maximum absolute atomic E-state index is 13.4. The predicted molar refractivity (Wildman–Crippen MR) is 134 cm³/mol. The largest absolute Gasteiger partial charge is 0.349 e. The molecule has 1 heterocycles. The topological polar surface area (TPSA) is 49.4 Å². The van der Waals surface area contributed by atoms with Gasteiger partial charge in [-0.2, -0.15) is 0 Å². The van der Waals surface area contributed by atoms with E-state index in [2.05, 4.69) is 5.32 Å². The third kappa shape index (κ3) is 4.92. The van der Waals surface area contributed by atoms with Crippen LogP contribution in [0.25, 0.3) is 6.08 Å². The summed E-state index contributed by atoms with van der Waals surface area (Å²) in [6, 6.07) is 21.6. The van der Waals surface area contributed by atoms with Crippen LogP contribution in [0, 0.1) is 5.82 Å². The van der Waals surface area contributed by atoms with Crippen molar-refractivity contribution in [3.8, 4) is 0 Å². The molecule has 172 valence electrons. The Hall–Kier alpha value is -3.38. The summed E-state index contributed by atoms with van der Waals surface area (Å²) in [4.78, 5) is 29.3. The van der Waals surface area contributed by atoms with Gasteiger partial charge in [-0.1, -0.05) is 61.0 Å². The standard InChI is InChI=1S/C28H25FN2O2S/c29-22-15-11-20(12-16-22)18-31-24-7-3-4-8-25(24)34-26(28(31)33)17-19-9-13-21(14-10-19)27(32)30-23-5-1-2-6-23/h3-4,7-17,23H,1-2,5-6,18H2,(H,30,32). The Morgan fingerprint density at radius 2 is 1.71 bits per heavy atom. The second kappa shape index (κ2) is 9.85. The molecule has 0 radical (unpaired) electrons. The molecule has 6 heteroatoms. The number of hydrogen-bond donors (Lipinski definition) is 1. The van der Waals surface area contributed by atoms with Gasteiger partial charge < -0.3 is 10.2 Å². The van der Waals surface area contributed by atoms with Crippen LogP contribution in [0.3, 0.4) is 0 Å². The first kappa shape index (κ1) is 22.4. The molecule has 0 spiro atoms. The van der Waals surface area contributed by atoms with Crippen molar-refractivity contribution in [3.05, 3.63) is 100 Å². The predicted octanol–water partition coefficient (Wildman–Crippen LogP) is 6.18. The molecule has 0 atom stereocenters. The van der Waals surface area contributed by atoms with Gasteiger partial charge in [0.25, 0.3) is 11.8 Å². The average Bonchev–Trinajstić information content (AvgIpc) is 3.36. The summed E-state index contributed by atoms with van der Waals surface area (Å²) in [5.41, 5.74) is 3.18. The van der Waals surface area contributed by atoms with Crippen molar-refractivity contribution in [2.24, 2.45) is 0 Å². The number of hydrogen-bond acceptors (Lipinski definition) is 3. The van der Waals surface area contributed by atoms with Gasteiger partial charge in [0.2, 0.25) is 0 Å². The van der Waals surface area contributed by atoms with E-state index in [1.807, 2.05) is 42.5 Å².